The van der Waals surface area contributed by atoms with Crippen LogP contribution in [0.5, 0.6) is 0 Å². The van der Waals surface area contributed by atoms with Crippen LogP contribution in [0.1, 0.15) is 244 Å². The second-order valence-electron chi connectivity index (χ2n) is 27.0. The molecular weight excluding hydrogens is 1480 g/mol. The van der Waals surface area contributed by atoms with E-state index in [9.17, 15) is 91.4 Å². The van der Waals surface area contributed by atoms with Crippen LogP contribution in [0.15, 0.2) is 0 Å². The summed E-state index contributed by atoms with van der Waals surface area (Å²) in [5.41, 5.74) is 0. The van der Waals surface area contributed by atoms with Crippen molar-refractivity contribution in [1.29, 1.82) is 0 Å². The summed E-state index contributed by atoms with van der Waals surface area (Å²) in [6.45, 7) is 14.9. The molecule has 0 fully saturated rings. The Morgan fingerprint density at radius 1 is 0.298 bits per heavy atom. The molecule has 0 aliphatic rings. The van der Waals surface area contributed by atoms with Crippen molar-refractivity contribution in [2.75, 3.05) is 99.2 Å². The van der Waals surface area contributed by atoms with Gasteiger partial charge in [-0.25, -0.2) is 0 Å². The molecule has 654 valence electrons. The maximum Gasteiger partial charge on any atom is 0.246 e. The summed E-state index contributed by atoms with van der Waals surface area (Å²) in [6.07, 6.45) is -1.03. The molecule has 9 unspecified atom stereocenters. The van der Waals surface area contributed by atoms with Gasteiger partial charge in [0.2, 0.25) is 29.5 Å². The fourth-order valence-electron chi connectivity index (χ4n) is 11.0. The lowest BCUT2D eigenvalue weighted by Gasteiger charge is -2.25. The average Bonchev–Trinajstić information content (AvgIpc) is 0.877. The van der Waals surface area contributed by atoms with E-state index in [-0.39, 0.29) is 280 Å². The molecule has 0 rings (SSSR count). The van der Waals surface area contributed by atoms with Crippen molar-refractivity contribution in [3.05, 3.63) is 0 Å². The molecule has 114 heavy (non-hydrogen) atoms. The lowest BCUT2D eigenvalue weighted by molar-refractivity contribution is -0.134. The van der Waals surface area contributed by atoms with Crippen LogP contribution in [-0.2, 0) is 110 Å². The van der Waals surface area contributed by atoms with E-state index in [1.54, 1.807) is 62.3 Å². The van der Waals surface area contributed by atoms with Gasteiger partial charge in [0.15, 0.2) is 11.6 Å². The lowest BCUT2D eigenvalue weighted by atomic mass is 9.99. The Morgan fingerprint density at radius 3 is 0.991 bits per heavy atom. The Morgan fingerprint density at radius 2 is 0.605 bits per heavy atom. The molecule has 0 aromatic carbocycles. The molecular formula is C80H140N10O24. The molecule has 0 aromatic rings. The maximum absolute atomic E-state index is 14.7. The van der Waals surface area contributed by atoms with E-state index in [1.165, 1.54) is 7.11 Å². The van der Waals surface area contributed by atoms with E-state index in [1.807, 2.05) is 6.79 Å². The molecule has 0 aliphatic heterocycles. The number of Topliss-reactive ketones (excluding diaryl/α,β-unsaturated/α-hetero) is 13. The molecule has 34 nitrogen and oxygen atoms in total. The number of hydrogen-bond acceptors (Lipinski definition) is 29. The van der Waals surface area contributed by atoms with Gasteiger partial charge in [0.25, 0.3) is 0 Å². The standard InChI is InChI=1S/C77H130N10O23.CH2O.2CH4/c1-11-52(89)21-27-59(67(96)15-5)80-45-57(94)25-31-63(71(100)48-83-61(69(98)17-7)29-23-54(91)13-3)85-74(103)36-34-66(86-75(104)50-110-44-43-109-39-37-78-73(102)35-33-65(82-47-56(93)20-19-51(9)88)76(105)79-38-40-108-42-41-107-10)77(106)87-64(72(101)49-84-62(70(99)18-8)30-24-55(92)14-4)32-26-58(95)46-81-60(68(97)16-6)28-22-53(90)12-2;1-2;;/h51,59-66,80-84,88H,11-50H2,1-10H3,(H,78,102)(H,79,105)(H,85,103)(H,86,104)(H,87,106);1H2;2*1H4. The molecule has 0 saturated heterocycles. The van der Waals surface area contributed by atoms with Gasteiger partial charge in [0.05, 0.1) is 121 Å². The van der Waals surface area contributed by atoms with Gasteiger partial charge in [-0.3, -0.25) is 91.6 Å². The highest BCUT2D eigenvalue weighted by Gasteiger charge is 2.32. The van der Waals surface area contributed by atoms with Crippen LogP contribution in [0.2, 0.25) is 0 Å². The van der Waals surface area contributed by atoms with Crippen LogP contribution in [0.3, 0.4) is 0 Å². The summed E-state index contributed by atoms with van der Waals surface area (Å²) in [5, 5.41) is 37.3. The molecule has 0 radical (unpaired) electrons. The Balaban J connectivity index is -0.0000150. The first-order chi connectivity index (χ1) is 53.4. The Kier molecular flexibility index (Phi) is 69.9. The van der Waals surface area contributed by atoms with E-state index in [0.717, 1.165) is 0 Å². The average molecular weight is 1630 g/mol. The monoisotopic (exact) mass is 1630 g/mol. The number of carbonyl (C=O) groups is 19. The molecule has 0 saturated carbocycles. The minimum absolute atomic E-state index is 0. The fourth-order valence-corrected chi connectivity index (χ4v) is 11.0. The fraction of sp³-hybridized carbons (Fsp3) is 0.762. The quantitative estimate of drug-likeness (QED) is 0.0389. The van der Waals surface area contributed by atoms with Gasteiger partial charge in [0, 0.05) is 129 Å². The summed E-state index contributed by atoms with van der Waals surface area (Å²) in [6, 6.07) is -9.06. The van der Waals surface area contributed by atoms with Gasteiger partial charge in [-0.1, -0.05) is 70.2 Å². The molecule has 34 heteroatoms. The molecule has 0 aliphatic carbocycles. The highest BCUT2D eigenvalue weighted by Crippen LogP contribution is 2.13. The first-order valence-electron chi connectivity index (χ1n) is 39.5. The Hall–Kier alpha value is -7.67. The van der Waals surface area contributed by atoms with Crippen molar-refractivity contribution in [2.45, 2.75) is 299 Å². The third kappa shape index (κ3) is 55.8. The number of ether oxygens (including phenoxy) is 4. The summed E-state index contributed by atoms with van der Waals surface area (Å²) < 4.78 is 21.5. The number of amides is 5. The molecule has 0 heterocycles. The van der Waals surface area contributed by atoms with Crippen molar-refractivity contribution in [3.8, 4) is 0 Å². The van der Waals surface area contributed by atoms with Gasteiger partial charge in [-0.2, -0.15) is 0 Å². The smallest absolute Gasteiger partial charge is 0.246 e. The normalized spacial score (nSPS) is 13.3. The van der Waals surface area contributed by atoms with E-state index in [0.29, 0.717) is 13.2 Å². The first kappa shape index (κ1) is 113. The summed E-state index contributed by atoms with van der Waals surface area (Å²) >= 11 is 0. The number of methoxy groups -OCH3 is 1. The number of aliphatic hydroxyl groups excluding tert-OH is 1. The molecule has 0 spiro atoms. The Labute approximate surface area is 674 Å². The highest BCUT2D eigenvalue weighted by atomic mass is 16.5. The second kappa shape index (κ2) is 70.7. The predicted molar refractivity (Wildman–Crippen MR) is 428 cm³/mol. The number of hydrogen-bond donors (Lipinski definition) is 11. The van der Waals surface area contributed by atoms with E-state index in [2.05, 4.69) is 53.2 Å². The SMILES string of the molecule is C.C.C=O.CCC(=O)CCC(NCC(=O)CCC(NC(=O)CCC(NC(=O)COCCOCCNC(=O)CCC(NCC(=O)CCC(C)O)C(=O)NCCOCCOC)C(=O)NC(CCC(=O)CNC(CCC(=O)CC)C(=O)CC)C(=O)CNC(CCC(=O)CC)C(=O)CC)C(=O)CNC(CCC(=O)CC)C(=O)CC)C(=O)CC. The van der Waals surface area contributed by atoms with Crippen molar-refractivity contribution in [2.24, 2.45) is 0 Å². The molecule has 0 bridgehead atoms. The predicted octanol–water partition coefficient (Wildman–Crippen LogP) is 2.33. The van der Waals surface area contributed by atoms with Crippen LogP contribution in [0.25, 0.3) is 0 Å². The number of nitrogens with one attached hydrogen (secondary N) is 10. The zero-order chi connectivity index (χ0) is 84.8. The zero-order valence-corrected chi connectivity index (χ0v) is 68.0. The van der Waals surface area contributed by atoms with Gasteiger partial charge >= 0.3 is 0 Å². The molecule has 0 aromatic heterocycles. The van der Waals surface area contributed by atoms with Crippen LogP contribution in [0.4, 0.5) is 0 Å². The summed E-state index contributed by atoms with van der Waals surface area (Å²) in [4.78, 5) is 246. The number of rotatable bonds is 75. The second-order valence-corrected chi connectivity index (χ2v) is 27.0. The largest absolute Gasteiger partial charge is 0.393 e. The molecule has 9 atom stereocenters. The van der Waals surface area contributed by atoms with Gasteiger partial charge < -0.3 is 76.7 Å². The van der Waals surface area contributed by atoms with Crippen molar-refractivity contribution in [1.82, 2.24) is 53.2 Å². The van der Waals surface area contributed by atoms with Gasteiger partial charge in [0.1, 0.15) is 83.1 Å². The number of ketones is 13. The first-order valence-corrected chi connectivity index (χ1v) is 39.5. The molecule has 5 amide bonds. The topological polar surface area (TPSA) is 502 Å². The highest BCUT2D eigenvalue weighted by molar-refractivity contribution is 5.97. The number of carbonyl (C=O) groups excluding carboxylic acids is 19. The third-order valence-electron chi connectivity index (χ3n) is 18.2. The summed E-state index contributed by atoms with van der Waals surface area (Å²) in [5.74, 6) is -7.80. The minimum atomic E-state index is -1.67. The molecule has 11 N–H and O–H groups in total. The summed E-state index contributed by atoms with van der Waals surface area (Å²) in [7, 11) is 1.52. The van der Waals surface area contributed by atoms with E-state index in [4.69, 9.17) is 23.7 Å². The van der Waals surface area contributed by atoms with Crippen LogP contribution < -0.4 is 53.2 Å². The maximum atomic E-state index is 14.7. The Bertz CT molecular complexity index is 2930. The zero-order valence-electron chi connectivity index (χ0n) is 68.0. The third-order valence-corrected chi connectivity index (χ3v) is 18.2. The van der Waals surface area contributed by atoms with Crippen LogP contribution >= 0.6 is 0 Å². The minimum Gasteiger partial charge on any atom is -0.393 e. The van der Waals surface area contributed by atoms with Gasteiger partial charge in [-0.15, -0.1) is 0 Å². The van der Waals surface area contributed by atoms with Crippen molar-refractivity contribution < 1.29 is 115 Å². The lowest BCUT2D eigenvalue weighted by Crippen LogP contribution is -2.54. The van der Waals surface area contributed by atoms with Crippen molar-refractivity contribution >= 4 is 112 Å². The number of aliphatic hydroxyl groups is 1. The van der Waals surface area contributed by atoms with Crippen LogP contribution in [-0.4, -0.2) is 270 Å². The van der Waals surface area contributed by atoms with Crippen molar-refractivity contribution in [3.63, 3.8) is 0 Å². The van der Waals surface area contributed by atoms with E-state index < -0.39 is 140 Å². The van der Waals surface area contributed by atoms with Gasteiger partial charge in [-0.05, 0) is 64.7 Å². The van der Waals surface area contributed by atoms with Crippen LogP contribution in [0, 0.1) is 0 Å². The van der Waals surface area contributed by atoms with E-state index >= 15 is 0 Å².